The number of benzene rings is 1. The van der Waals surface area contributed by atoms with Crippen LogP contribution in [0, 0.1) is 0 Å². The van der Waals surface area contributed by atoms with E-state index < -0.39 is 0 Å². The molecule has 0 saturated carbocycles. The predicted octanol–water partition coefficient (Wildman–Crippen LogP) is 3.51. The lowest BCUT2D eigenvalue weighted by molar-refractivity contribution is 0.103. The SMILES string of the molecule is O=C(c1ccc2cccnc2c1)c1ccncc1Cl. The zero-order valence-corrected chi connectivity index (χ0v) is 10.6. The Labute approximate surface area is 114 Å². The summed E-state index contributed by atoms with van der Waals surface area (Å²) in [4.78, 5) is 20.5. The van der Waals surface area contributed by atoms with Crippen LogP contribution in [0.4, 0.5) is 0 Å². The molecule has 1 aromatic carbocycles. The van der Waals surface area contributed by atoms with E-state index >= 15 is 0 Å². The van der Waals surface area contributed by atoms with Crippen molar-refractivity contribution in [1.82, 2.24) is 9.97 Å². The average molecular weight is 269 g/mol. The van der Waals surface area contributed by atoms with Gasteiger partial charge in [0.2, 0.25) is 0 Å². The molecule has 0 aliphatic rings. The first-order valence-electron chi connectivity index (χ1n) is 5.75. The van der Waals surface area contributed by atoms with Crippen molar-refractivity contribution in [2.45, 2.75) is 0 Å². The van der Waals surface area contributed by atoms with Crippen molar-refractivity contribution >= 4 is 28.3 Å². The quantitative estimate of drug-likeness (QED) is 0.668. The van der Waals surface area contributed by atoms with Gasteiger partial charge < -0.3 is 0 Å². The van der Waals surface area contributed by atoms with Crippen LogP contribution in [0.5, 0.6) is 0 Å². The fourth-order valence-electron chi connectivity index (χ4n) is 1.92. The van der Waals surface area contributed by atoms with Crippen molar-refractivity contribution in [1.29, 1.82) is 0 Å². The molecule has 0 N–H and O–H groups in total. The molecule has 2 heterocycles. The number of carbonyl (C=O) groups is 1. The predicted molar refractivity (Wildman–Crippen MR) is 74.4 cm³/mol. The Bertz CT molecular complexity index is 771. The van der Waals surface area contributed by atoms with Crippen LogP contribution in [0.1, 0.15) is 15.9 Å². The summed E-state index contributed by atoms with van der Waals surface area (Å²) in [5.74, 6) is -0.125. The maximum atomic E-state index is 12.4. The van der Waals surface area contributed by atoms with E-state index in [1.807, 2.05) is 18.2 Å². The molecule has 4 heteroatoms. The number of nitrogens with zero attached hydrogens (tertiary/aromatic N) is 2. The maximum absolute atomic E-state index is 12.4. The van der Waals surface area contributed by atoms with E-state index in [1.165, 1.54) is 6.20 Å². The first-order valence-corrected chi connectivity index (χ1v) is 6.12. The topological polar surface area (TPSA) is 42.9 Å². The molecule has 0 bridgehead atoms. The van der Waals surface area contributed by atoms with Gasteiger partial charge in [-0.3, -0.25) is 14.8 Å². The lowest BCUT2D eigenvalue weighted by atomic mass is 10.0. The standard InChI is InChI=1S/C15H9ClN2O/c16-13-9-17-7-5-12(13)15(19)11-4-3-10-2-1-6-18-14(10)8-11/h1-9H. The van der Waals surface area contributed by atoms with Crippen LogP contribution in [0.3, 0.4) is 0 Å². The molecule has 2 aromatic heterocycles. The number of rotatable bonds is 2. The zero-order chi connectivity index (χ0) is 13.2. The molecule has 3 nitrogen and oxygen atoms in total. The zero-order valence-electron chi connectivity index (χ0n) is 9.88. The highest BCUT2D eigenvalue weighted by atomic mass is 35.5. The highest BCUT2D eigenvalue weighted by Crippen LogP contribution is 2.20. The number of fused-ring (bicyclic) bond motifs is 1. The summed E-state index contributed by atoms with van der Waals surface area (Å²) >= 11 is 5.99. The maximum Gasteiger partial charge on any atom is 0.194 e. The molecule has 92 valence electrons. The Morgan fingerprint density at radius 3 is 2.84 bits per heavy atom. The van der Waals surface area contributed by atoms with Crippen LogP contribution in [-0.2, 0) is 0 Å². The van der Waals surface area contributed by atoms with Gasteiger partial charge in [-0.2, -0.15) is 0 Å². The fraction of sp³-hybridized carbons (Fsp3) is 0. The molecule has 3 rings (SSSR count). The van der Waals surface area contributed by atoms with Crippen molar-refractivity contribution in [3.8, 4) is 0 Å². The molecule has 0 atom stereocenters. The normalized spacial score (nSPS) is 10.6. The van der Waals surface area contributed by atoms with Crippen LogP contribution in [0.15, 0.2) is 55.0 Å². The van der Waals surface area contributed by atoms with Crippen molar-refractivity contribution in [2.75, 3.05) is 0 Å². The monoisotopic (exact) mass is 268 g/mol. The smallest absolute Gasteiger partial charge is 0.194 e. The Kier molecular flexibility index (Phi) is 2.97. The summed E-state index contributed by atoms with van der Waals surface area (Å²) in [7, 11) is 0. The molecule has 0 saturated heterocycles. The van der Waals surface area contributed by atoms with Gasteiger partial charge in [-0.25, -0.2) is 0 Å². The summed E-state index contributed by atoms with van der Waals surface area (Å²) < 4.78 is 0. The molecule has 0 unspecified atom stereocenters. The largest absolute Gasteiger partial charge is 0.289 e. The van der Waals surface area contributed by atoms with E-state index in [2.05, 4.69) is 9.97 Å². The molecular formula is C15H9ClN2O. The second-order valence-electron chi connectivity index (χ2n) is 4.10. The van der Waals surface area contributed by atoms with Gasteiger partial charge in [-0.15, -0.1) is 0 Å². The number of hydrogen-bond acceptors (Lipinski definition) is 3. The highest BCUT2D eigenvalue weighted by Gasteiger charge is 2.13. The fourth-order valence-corrected chi connectivity index (χ4v) is 2.13. The van der Waals surface area contributed by atoms with Gasteiger partial charge in [-0.05, 0) is 18.2 Å². The molecule has 0 amide bonds. The van der Waals surface area contributed by atoms with E-state index in [4.69, 9.17) is 11.6 Å². The van der Waals surface area contributed by atoms with E-state index in [1.54, 1.807) is 30.6 Å². The number of aromatic nitrogens is 2. The van der Waals surface area contributed by atoms with E-state index in [0.717, 1.165) is 10.9 Å². The van der Waals surface area contributed by atoms with Gasteiger partial charge in [0.05, 0.1) is 10.5 Å². The summed E-state index contributed by atoms with van der Waals surface area (Å²) in [5.41, 5.74) is 1.81. The van der Waals surface area contributed by atoms with Gasteiger partial charge in [-0.1, -0.05) is 29.8 Å². The first-order chi connectivity index (χ1) is 9.25. The highest BCUT2D eigenvalue weighted by molar-refractivity contribution is 6.34. The number of carbonyl (C=O) groups excluding carboxylic acids is 1. The minimum absolute atomic E-state index is 0.125. The van der Waals surface area contributed by atoms with Crippen molar-refractivity contribution in [2.24, 2.45) is 0 Å². The molecule has 0 aliphatic heterocycles. The van der Waals surface area contributed by atoms with Crippen LogP contribution in [-0.4, -0.2) is 15.8 Å². The molecular weight excluding hydrogens is 260 g/mol. The Hall–Kier alpha value is -2.26. The molecule has 0 spiro atoms. The third kappa shape index (κ3) is 2.20. The number of hydrogen-bond donors (Lipinski definition) is 0. The first kappa shape index (κ1) is 11.8. The molecule has 0 aliphatic carbocycles. The van der Waals surface area contributed by atoms with E-state index in [9.17, 15) is 4.79 Å². The Morgan fingerprint density at radius 2 is 2.00 bits per heavy atom. The summed E-state index contributed by atoms with van der Waals surface area (Å²) in [6.45, 7) is 0. The average Bonchev–Trinajstić information content (AvgIpc) is 2.46. The van der Waals surface area contributed by atoms with Gasteiger partial charge in [0.1, 0.15) is 0 Å². The van der Waals surface area contributed by atoms with Crippen molar-refractivity contribution in [3.63, 3.8) is 0 Å². The van der Waals surface area contributed by atoms with Crippen molar-refractivity contribution < 1.29 is 4.79 Å². The van der Waals surface area contributed by atoms with Gasteiger partial charge in [0.25, 0.3) is 0 Å². The Balaban J connectivity index is 2.09. The van der Waals surface area contributed by atoms with Crippen LogP contribution < -0.4 is 0 Å². The number of ketones is 1. The molecule has 0 radical (unpaired) electrons. The number of pyridine rings is 2. The van der Waals surface area contributed by atoms with Crippen LogP contribution >= 0.6 is 11.6 Å². The lowest BCUT2D eigenvalue weighted by Crippen LogP contribution is -2.02. The van der Waals surface area contributed by atoms with E-state index in [0.29, 0.717) is 16.1 Å². The van der Waals surface area contributed by atoms with Crippen molar-refractivity contribution in [3.05, 3.63) is 71.1 Å². The summed E-state index contributed by atoms with van der Waals surface area (Å²) in [6.07, 6.45) is 4.72. The third-order valence-electron chi connectivity index (χ3n) is 2.89. The van der Waals surface area contributed by atoms with E-state index in [-0.39, 0.29) is 5.78 Å². The van der Waals surface area contributed by atoms with Gasteiger partial charge in [0, 0.05) is 35.1 Å². The second-order valence-corrected chi connectivity index (χ2v) is 4.50. The second kappa shape index (κ2) is 4.78. The number of halogens is 1. The van der Waals surface area contributed by atoms with Gasteiger partial charge >= 0.3 is 0 Å². The summed E-state index contributed by atoms with van der Waals surface area (Å²) in [6, 6.07) is 10.9. The molecule has 19 heavy (non-hydrogen) atoms. The minimum atomic E-state index is -0.125. The van der Waals surface area contributed by atoms with Crippen LogP contribution in [0.25, 0.3) is 10.9 Å². The van der Waals surface area contributed by atoms with Gasteiger partial charge in [0.15, 0.2) is 5.78 Å². The molecule has 3 aromatic rings. The third-order valence-corrected chi connectivity index (χ3v) is 3.19. The lowest BCUT2D eigenvalue weighted by Gasteiger charge is -2.04. The minimum Gasteiger partial charge on any atom is -0.289 e. The van der Waals surface area contributed by atoms with Crippen LogP contribution in [0.2, 0.25) is 5.02 Å². The summed E-state index contributed by atoms with van der Waals surface area (Å²) in [5, 5.41) is 1.36. The molecule has 0 fully saturated rings. The Morgan fingerprint density at radius 1 is 1.11 bits per heavy atom.